The van der Waals surface area contributed by atoms with Crippen LogP contribution in [-0.4, -0.2) is 30.6 Å². The topological polar surface area (TPSA) is 116 Å². The monoisotopic (exact) mass is 392 g/mol. The molecule has 3 aromatic heterocycles. The van der Waals surface area contributed by atoms with E-state index in [-0.39, 0.29) is 11.4 Å². The Hall–Kier alpha value is -3.29. The SMILES string of the molecule is Cc1csc2ncnc(Sc3ccccc3NC=C(C#N)c3nn[nH]n3)c12. The van der Waals surface area contributed by atoms with Gasteiger partial charge >= 0.3 is 0 Å². The Morgan fingerprint density at radius 1 is 1.33 bits per heavy atom. The number of thiophene rings is 1. The van der Waals surface area contributed by atoms with Crippen molar-refractivity contribution in [2.45, 2.75) is 16.8 Å². The molecule has 132 valence electrons. The highest BCUT2D eigenvalue weighted by atomic mass is 32.2. The van der Waals surface area contributed by atoms with E-state index >= 15 is 0 Å². The lowest BCUT2D eigenvalue weighted by molar-refractivity contribution is 0.881. The Bertz CT molecular complexity index is 1160. The van der Waals surface area contributed by atoms with Crippen molar-refractivity contribution in [1.82, 2.24) is 30.6 Å². The van der Waals surface area contributed by atoms with Crippen LogP contribution in [0.1, 0.15) is 11.4 Å². The number of aromatic amines is 1. The number of tetrazole rings is 1. The molecule has 0 radical (unpaired) electrons. The maximum Gasteiger partial charge on any atom is 0.216 e. The van der Waals surface area contributed by atoms with E-state index in [1.54, 1.807) is 35.6 Å². The minimum absolute atomic E-state index is 0.238. The van der Waals surface area contributed by atoms with Crippen molar-refractivity contribution in [3.05, 3.63) is 53.6 Å². The lowest BCUT2D eigenvalue weighted by atomic mass is 10.3. The van der Waals surface area contributed by atoms with Gasteiger partial charge in [0, 0.05) is 16.5 Å². The van der Waals surface area contributed by atoms with Gasteiger partial charge in [-0.2, -0.15) is 10.5 Å². The molecule has 3 heterocycles. The van der Waals surface area contributed by atoms with Crippen molar-refractivity contribution in [3.63, 3.8) is 0 Å². The first-order valence-electron chi connectivity index (χ1n) is 7.82. The van der Waals surface area contributed by atoms with Gasteiger partial charge in [0.15, 0.2) is 0 Å². The van der Waals surface area contributed by atoms with E-state index in [1.807, 2.05) is 24.3 Å². The number of nitriles is 1. The Balaban J connectivity index is 1.66. The van der Waals surface area contributed by atoms with Gasteiger partial charge in [0.05, 0.1) is 5.69 Å². The van der Waals surface area contributed by atoms with Crippen molar-refractivity contribution in [2.24, 2.45) is 0 Å². The quantitative estimate of drug-likeness (QED) is 0.391. The Kier molecular flexibility index (Phi) is 4.78. The van der Waals surface area contributed by atoms with Gasteiger partial charge in [0.2, 0.25) is 5.82 Å². The van der Waals surface area contributed by atoms with Crippen molar-refractivity contribution >= 4 is 44.6 Å². The van der Waals surface area contributed by atoms with E-state index < -0.39 is 0 Å². The van der Waals surface area contributed by atoms with Crippen molar-refractivity contribution in [1.29, 1.82) is 5.26 Å². The van der Waals surface area contributed by atoms with Gasteiger partial charge in [-0.1, -0.05) is 23.9 Å². The molecule has 0 amide bonds. The Morgan fingerprint density at radius 2 is 2.22 bits per heavy atom. The van der Waals surface area contributed by atoms with Crippen LogP contribution in [0.4, 0.5) is 5.69 Å². The number of hydrogen-bond acceptors (Lipinski definition) is 9. The molecule has 1 aromatic carbocycles. The number of aryl methyl sites for hydroxylation is 1. The van der Waals surface area contributed by atoms with Crippen molar-refractivity contribution in [3.8, 4) is 6.07 Å². The Labute approximate surface area is 162 Å². The summed E-state index contributed by atoms with van der Waals surface area (Å²) in [7, 11) is 0. The summed E-state index contributed by atoms with van der Waals surface area (Å²) in [4.78, 5) is 10.7. The highest BCUT2D eigenvalue weighted by Gasteiger charge is 2.12. The highest BCUT2D eigenvalue weighted by Crippen LogP contribution is 2.38. The third kappa shape index (κ3) is 3.51. The molecule has 0 fully saturated rings. The zero-order valence-electron chi connectivity index (χ0n) is 14.0. The van der Waals surface area contributed by atoms with Crippen LogP contribution in [-0.2, 0) is 0 Å². The van der Waals surface area contributed by atoms with Crippen LogP contribution >= 0.6 is 23.1 Å². The van der Waals surface area contributed by atoms with Crippen LogP contribution in [0.3, 0.4) is 0 Å². The molecule has 2 N–H and O–H groups in total. The molecular formula is C17H12N8S2. The van der Waals surface area contributed by atoms with Gasteiger partial charge < -0.3 is 5.32 Å². The number of fused-ring (bicyclic) bond motifs is 1. The molecule has 0 aliphatic rings. The number of para-hydroxylation sites is 1. The van der Waals surface area contributed by atoms with E-state index in [0.29, 0.717) is 0 Å². The summed E-state index contributed by atoms with van der Waals surface area (Å²) in [6.45, 7) is 2.06. The smallest absolute Gasteiger partial charge is 0.216 e. The number of H-pyrrole nitrogens is 1. The van der Waals surface area contributed by atoms with Crippen LogP contribution in [0, 0.1) is 18.3 Å². The molecule has 4 aromatic rings. The second kappa shape index (κ2) is 7.53. The van der Waals surface area contributed by atoms with Crippen LogP contribution in [0.15, 0.2) is 52.1 Å². The zero-order valence-corrected chi connectivity index (χ0v) is 15.7. The summed E-state index contributed by atoms with van der Waals surface area (Å²) >= 11 is 3.16. The molecule has 8 nitrogen and oxygen atoms in total. The summed E-state index contributed by atoms with van der Waals surface area (Å²) in [6, 6.07) is 9.87. The first-order valence-corrected chi connectivity index (χ1v) is 9.52. The lowest BCUT2D eigenvalue weighted by Crippen LogP contribution is -1.95. The number of rotatable bonds is 5. The number of aromatic nitrogens is 6. The summed E-state index contributed by atoms with van der Waals surface area (Å²) in [5, 5.41) is 30.0. The van der Waals surface area contributed by atoms with Crippen molar-refractivity contribution < 1.29 is 0 Å². The molecule has 0 bridgehead atoms. The average Bonchev–Trinajstić information content (AvgIpc) is 3.35. The molecule has 0 aliphatic heterocycles. The molecule has 0 aliphatic carbocycles. The van der Waals surface area contributed by atoms with Crippen LogP contribution in [0.5, 0.6) is 0 Å². The number of allylic oxidation sites excluding steroid dienone is 1. The van der Waals surface area contributed by atoms with Crippen LogP contribution in [0.2, 0.25) is 0 Å². The molecule has 0 unspecified atom stereocenters. The average molecular weight is 392 g/mol. The molecule has 0 saturated heterocycles. The van der Waals surface area contributed by atoms with Gasteiger partial charge in [-0.25, -0.2) is 9.97 Å². The normalized spacial score (nSPS) is 11.5. The number of nitrogens with one attached hydrogen (secondary N) is 2. The van der Waals surface area contributed by atoms with E-state index in [9.17, 15) is 5.26 Å². The number of anilines is 1. The Morgan fingerprint density at radius 3 is 3.04 bits per heavy atom. The number of nitrogens with zero attached hydrogens (tertiary/aromatic N) is 6. The highest BCUT2D eigenvalue weighted by molar-refractivity contribution is 7.99. The summed E-state index contributed by atoms with van der Waals surface area (Å²) in [5.41, 5.74) is 2.28. The second-order valence-electron chi connectivity index (χ2n) is 5.43. The van der Waals surface area contributed by atoms with Crippen molar-refractivity contribution in [2.75, 3.05) is 5.32 Å². The molecule has 0 atom stereocenters. The molecule has 0 saturated carbocycles. The van der Waals surface area contributed by atoms with Gasteiger partial charge in [-0.05, 0) is 35.2 Å². The summed E-state index contributed by atoms with van der Waals surface area (Å²) in [6.07, 6.45) is 3.15. The van der Waals surface area contributed by atoms with Gasteiger partial charge in [0.25, 0.3) is 0 Å². The van der Waals surface area contributed by atoms with E-state index in [0.717, 1.165) is 31.4 Å². The number of benzene rings is 1. The van der Waals surface area contributed by atoms with E-state index in [4.69, 9.17) is 0 Å². The summed E-state index contributed by atoms with van der Waals surface area (Å²) < 4.78 is 0. The largest absolute Gasteiger partial charge is 0.359 e. The van der Waals surface area contributed by atoms with Crippen LogP contribution in [0.25, 0.3) is 15.8 Å². The van der Waals surface area contributed by atoms with Gasteiger partial charge in [0.1, 0.15) is 27.8 Å². The minimum Gasteiger partial charge on any atom is -0.359 e. The standard InChI is InChI=1S/C17H12N8S2/c1-10-8-26-16-14(10)17(21-9-20-16)27-13-5-3-2-4-12(13)19-7-11(6-18)15-22-24-25-23-15/h2-5,7-9,19H,1H3,(H,22,23,24,25). The molecule has 10 heteroatoms. The second-order valence-corrected chi connectivity index (χ2v) is 7.31. The summed E-state index contributed by atoms with van der Waals surface area (Å²) in [5.74, 6) is 0.238. The minimum atomic E-state index is 0.238. The molecular weight excluding hydrogens is 380 g/mol. The third-order valence-electron chi connectivity index (χ3n) is 3.69. The van der Waals surface area contributed by atoms with Crippen LogP contribution < -0.4 is 5.32 Å². The fraction of sp³-hybridized carbons (Fsp3) is 0.0588. The van der Waals surface area contributed by atoms with Gasteiger partial charge in [-0.15, -0.1) is 21.5 Å². The predicted octanol–water partition coefficient (Wildman–Crippen LogP) is 3.64. The van der Waals surface area contributed by atoms with E-state index in [2.05, 4.69) is 54.3 Å². The number of hydrogen-bond donors (Lipinski definition) is 2. The zero-order chi connectivity index (χ0) is 18.6. The fourth-order valence-corrected chi connectivity index (χ4v) is 4.42. The third-order valence-corrected chi connectivity index (χ3v) is 5.77. The van der Waals surface area contributed by atoms with Gasteiger partial charge in [-0.3, -0.25) is 0 Å². The fourth-order valence-electron chi connectivity index (χ4n) is 2.41. The van der Waals surface area contributed by atoms with E-state index in [1.165, 1.54) is 0 Å². The predicted molar refractivity (Wildman–Crippen MR) is 104 cm³/mol. The first-order chi connectivity index (χ1) is 13.3. The lowest BCUT2D eigenvalue weighted by Gasteiger charge is -2.09. The molecule has 0 spiro atoms. The maximum absolute atomic E-state index is 9.30. The molecule has 27 heavy (non-hydrogen) atoms. The molecule has 4 rings (SSSR count). The maximum atomic E-state index is 9.30. The first kappa shape index (κ1) is 17.1.